The Hall–Kier alpha value is -4.64. The average molecular weight is 1370 g/mol. The summed E-state index contributed by atoms with van der Waals surface area (Å²) in [6, 6.07) is 0. The number of thiol groups is 1. The third-order valence-corrected chi connectivity index (χ3v) is 15.6. The monoisotopic (exact) mass is 1370 g/mol. The normalized spacial score (nSPS) is 20.3. The van der Waals surface area contributed by atoms with Gasteiger partial charge in [-0.2, -0.15) is 0 Å². The van der Waals surface area contributed by atoms with Gasteiger partial charge < -0.3 is 47.9 Å². The molecular weight excluding hydrogens is 1270 g/mol. The number of carbonyl (C=O) groups excluding carboxylic acids is 4. The Morgan fingerprint density at radius 3 is 1.28 bits per heavy atom. The van der Waals surface area contributed by atoms with E-state index in [4.69, 9.17) is 28.3 Å². The Kier molecular flexibility index (Phi) is 32.3. The molecule has 491 valence electrons. The molecule has 0 aromatic rings. The van der Waals surface area contributed by atoms with Gasteiger partial charge in [0.2, 0.25) is 0 Å². The van der Waals surface area contributed by atoms with Crippen molar-refractivity contribution in [1.82, 2.24) is 19.6 Å². The standard InChI is InChI=1S/C16H28BNO4.C14H21BrN2O2.C14H22N2O2.C14H20N2O2.C4H4BrN.2CH4.BHNS/c1-14(2,3)20-13(19)18-10-8-12(9-11-18)17-21-15(4,5)16(6,7)22-17;1-14(2,3)19-13(18)17-8-6-10(7-9-17)11-4-5-12(15)16-11;2*1-14(2,3)18-13(17)16-9-6-11(7-10-16)12-5-4-8-15-12;5-4-2-1-3-6-4;;;1-2-3/h8H,9-11H2,1-7H3;5,10H,4,6-9H2,1-3H3;4,8,11H,5-7,9-10H2,1-3H3;4,6,8H,5,7,9-10H2,1-3H3;1,3H,2H2;2*1H4;3H. The zero-order chi connectivity index (χ0) is 64.3. The summed E-state index contributed by atoms with van der Waals surface area (Å²) < 4.78 is 38.3. The molecule has 0 saturated carbocycles. The summed E-state index contributed by atoms with van der Waals surface area (Å²) in [6.45, 7) is 36.4. The number of hydrogen-bond acceptors (Lipinski definition) is 16. The molecule has 3 fully saturated rings. The number of ether oxygens (including phenoxy) is 4. The second-order valence-corrected chi connectivity index (χ2v) is 28.8. The predicted octanol–water partition coefficient (Wildman–Crippen LogP) is 16.0. The maximum absolute atomic E-state index is 12.1. The molecule has 0 aromatic carbocycles. The summed E-state index contributed by atoms with van der Waals surface area (Å²) >= 11 is 9.82. The molecule has 19 nitrogen and oxygen atoms in total. The Bertz CT molecular complexity index is 2650. The number of allylic oxidation sites excluding steroid dienone is 4. The summed E-state index contributed by atoms with van der Waals surface area (Å²) in [7, 11) is 4.02. The number of amides is 4. The minimum absolute atomic E-state index is 0. The molecule has 9 aliphatic heterocycles. The van der Waals surface area contributed by atoms with Crippen molar-refractivity contribution < 1.29 is 47.4 Å². The van der Waals surface area contributed by atoms with Gasteiger partial charge in [-0.3, -0.25) is 20.0 Å². The van der Waals surface area contributed by atoms with E-state index < -0.39 is 22.4 Å². The molecule has 0 N–H and O–H groups in total. The molecule has 0 spiro atoms. The van der Waals surface area contributed by atoms with Crippen LogP contribution in [0.25, 0.3) is 0 Å². The minimum atomic E-state index is -0.465. The van der Waals surface area contributed by atoms with E-state index in [0.717, 1.165) is 111 Å². The molecule has 0 bridgehead atoms. The van der Waals surface area contributed by atoms with Crippen molar-refractivity contribution in [2.75, 3.05) is 52.4 Å². The van der Waals surface area contributed by atoms with E-state index in [1.807, 2.05) is 140 Å². The van der Waals surface area contributed by atoms with Crippen LogP contribution in [0.15, 0.2) is 95.0 Å². The van der Waals surface area contributed by atoms with E-state index in [-0.39, 0.29) is 57.5 Å². The number of nitrogens with zero attached hydrogens (tertiary/aromatic N) is 9. The second kappa shape index (κ2) is 35.8. The molecular formula is C64H104B2Br2N9O10S. The summed E-state index contributed by atoms with van der Waals surface area (Å²) in [6.07, 6.45) is 26.4. The number of carbonyl (C=O) groups is 4. The van der Waals surface area contributed by atoms with Gasteiger partial charge in [-0.15, -0.1) is 0 Å². The Morgan fingerprint density at radius 1 is 0.568 bits per heavy atom. The summed E-state index contributed by atoms with van der Waals surface area (Å²) in [4.78, 5) is 71.9. The molecule has 3 saturated heterocycles. The van der Waals surface area contributed by atoms with Gasteiger partial charge in [-0.25, -0.2) is 19.2 Å². The summed E-state index contributed by atoms with van der Waals surface area (Å²) in [5.41, 5.74) is 3.65. The van der Waals surface area contributed by atoms with E-state index >= 15 is 0 Å². The van der Waals surface area contributed by atoms with Gasteiger partial charge >= 0.3 is 56.2 Å². The molecule has 88 heavy (non-hydrogen) atoms. The van der Waals surface area contributed by atoms with Crippen molar-refractivity contribution in [2.24, 2.45) is 36.1 Å². The number of piperidine rings is 2. The predicted molar refractivity (Wildman–Crippen MR) is 370 cm³/mol. The number of likely N-dealkylation sites (tertiary alicyclic amines) is 2. The molecule has 0 unspecified atom stereocenters. The molecule has 0 aromatic heterocycles. The van der Waals surface area contributed by atoms with E-state index in [1.54, 1.807) is 20.9 Å². The first-order valence-electron chi connectivity index (χ1n) is 29.9. The molecule has 9 rings (SSSR count). The fourth-order valence-electron chi connectivity index (χ4n) is 9.48. The van der Waals surface area contributed by atoms with Crippen LogP contribution in [-0.2, 0) is 28.3 Å². The Balaban J connectivity index is 0.000000379. The number of halogens is 2. The number of rotatable bonds is 4. The summed E-state index contributed by atoms with van der Waals surface area (Å²) in [5, 5.41) is 0. The second-order valence-electron chi connectivity index (χ2n) is 26.9. The number of aliphatic imine (C=N–C) groups is 4. The van der Waals surface area contributed by atoms with Crippen LogP contribution < -0.4 is 0 Å². The van der Waals surface area contributed by atoms with E-state index in [2.05, 4.69) is 101 Å². The molecule has 9 aliphatic rings. The van der Waals surface area contributed by atoms with Crippen LogP contribution in [0.2, 0.25) is 0 Å². The first-order chi connectivity index (χ1) is 40.0. The van der Waals surface area contributed by atoms with Crippen LogP contribution in [0.3, 0.4) is 0 Å². The fraction of sp³-hybridized carbons (Fsp3) is 0.688. The van der Waals surface area contributed by atoms with Gasteiger partial charge in [0.15, 0.2) is 0 Å². The Labute approximate surface area is 551 Å². The van der Waals surface area contributed by atoms with Gasteiger partial charge in [0.05, 0.1) is 15.8 Å². The molecule has 4 amide bonds. The maximum atomic E-state index is 12.1. The van der Waals surface area contributed by atoms with Gasteiger partial charge in [0.1, 0.15) is 27.0 Å². The molecule has 9 heterocycles. The van der Waals surface area contributed by atoms with Gasteiger partial charge in [-0.05, 0) is 198 Å². The third kappa shape index (κ3) is 28.3. The van der Waals surface area contributed by atoms with Crippen LogP contribution in [0.4, 0.5) is 19.2 Å². The van der Waals surface area contributed by atoms with Gasteiger partial charge in [0, 0.05) is 126 Å². The molecule has 0 atom stereocenters. The van der Waals surface area contributed by atoms with Gasteiger partial charge in [0.25, 0.3) is 0 Å². The van der Waals surface area contributed by atoms with Crippen molar-refractivity contribution in [2.45, 2.75) is 223 Å². The summed E-state index contributed by atoms with van der Waals surface area (Å²) in [5.74, 6) is 1.05. The van der Waals surface area contributed by atoms with Crippen molar-refractivity contribution in [1.29, 1.82) is 0 Å². The SMILES string of the molecule is BrC1=NC=CC1.C.C.CC(C)(C)OC(=O)N1CC=C(B2OC(C)(C)C(C)(C)O2)CC1.CC(C)(C)OC(=O)N1CC=C(C2=NC=CC2)CC1.CC(C)(C)OC(=O)N1CCC(C2=NC(Br)=CC2)CC1.CC(C)(C)OC(=O)N1CCC(C2=NC=CC2)CC1.[B]=NS. The quantitative estimate of drug-likeness (QED) is 0.122. The Morgan fingerprint density at radius 2 is 0.966 bits per heavy atom. The van der Waals surface area contributed by atoms with E-state index in [1.165, 1.54) is 17.0 Å². The first kappa shape index (κ1) is 79.5. The topological polar surface area (TPSA) is 198 Å². The van der Waals surface area contributed by atoms with Crippen LogP contribution in [0.5, 0.6) is 0 Å². The van der Waals surface area contributed by atoms with Crippen LogP contribution in [0, 0.1) is 11.8 Å². The molecule has 24 heteroatoms. The third-order valence-electron chi connectivity index (χ3n) is 14.6. The number of hydrogen-bond donors (Lipinski definition) is 1. The van der Waals surface area contributed by atoms with Crippen LogP contribution >= 0.6 is 44.7 Å². The molecule has 1 radical (unpaired) electrons. The zero-order valence-electron chi connectivity index (χ0n) is 54.0. The first-order valence-corrected chi connectivity index (χ1v) is 31.9. The van der Waals surface area contributed by atoms with Crippen LogP contribution in [-0.4, -0.2) is 166 Å². The van der Waals surface area contributed by atoms with Crippen molar-refractivity contribution in [3.63, 3.8) is 0 Å². The molecule has 0 aliphatic carbocycles. The van der Waals surface area contributed by atoms with Crippen LogP contribution in [0.1, 0.15) is 190 Å². The van der Waals surface area contributed by atoms with Crippen molar-refractivity contribution in [3.8, 4) is 0 Å². The van der Waals surface area contributed by atoms with Crippen molar-refractivity contribution in [3.05, 3.63) is 70.7 Å². The fourth-order valence-corrected chi connectivity index (χ4v) is 10.2. The van der Waals surface area contributed by atoms with E-state index in [0.29, 0.717) is 38.0 Å². The van der Waals surface area contributed by atoms with E-state index in [9.17, 15) is 19.2 Å². The van der Waals surface area contributed by atoms with Crippen molar-refractivity contribution >= 4 is 106 Å². The average Bonchev–Trinajstić information content (AvgIpc) is 1.96. The van der Waals surface area contributed by atoms with Gasteiger partial charge in [-0.1, -0.05) is 45.2 Å². The zero-order valence-corrected chi connectivity index (χ0v) is 58.1.